The van der Waals surface area contributed by atoms with Crippen LogP contribution >= 0.6 is 11.3 Å². The number of rotatable bonds is 4. The van der Waals surface area contributed by atoms with Gasteiger partial charge in [0.2, 0.25) is 0 Å². The number of thiazole rings is 1. The quantitative estimate of drug-likeness (QED) is 0.720. The molecular formula is C17H16N4O4S. The Morgan fingerprint density at radius 3 is 2.50 bits per heavy atom. The Morgan fingerprint density at radius 1 is 1.15 bits per heavy atom. The van der Waals surface area contributed by atoms with Crippen LogP contribution in [-0.4, -0.2) is 29.3 Å². The molecule has 2 amide bonds. The molecule has 0 spiro atoms. The first-order chi connectivity index (χ1) is 12.5. The van der Waals surface area contributed by atoms with Crippen LogP contribution in [0.15, 0.2) is 34.9 Å². The van der Waals surface area contributed by atoms with Gasteiger partial charge in [-0.3, -0.25) is 10.1 Å². The minimum Gasteiger partial charge on any atom is -0.453 e. The molecule has 0 saturated heterocycles. The van der Waals surface area contributed by atoms with Crippen molar-refractivity contribution in [1.29, 1.82) is 0 Å². The summed E-state index contributed by atoms with van der Waals surface area (Å²) in [6.07, 6.45) is -0.637. The lowest BCUT2D eigenvalue weighted by molar-refractivity contribution is 0.102. The van der Waals surface area contributed by atoms with Gasteiger partial charge in [0, 0.05) is 5.56 Å². The van der Waals surface area contributed by atoms with Crippen LogP contribution in [0.1, 0.15) is 21.8 Å². The SMILES string of the molecule is COC(=O)Nc1nc(-c2ccccc2)c(NC(=O)c2c(C)noc2C)s1. The van der Waals surface area contributed by atoms with Crippen molar-refractivity contribution in [3.05, 3.63) is 47.3 Å². The van der Waals surface area contributed by atoms with E-state index >= 15 is 0 Å². The monoisotopic (exact) mass is 372 g/mol. The number of carbonyl (C=O) groups excluding carboxylic acids is 2. The van der Waals surface area contributed by atoms with E-state index in [-0.39, 0.29) is 5.91 Å². The third kappa shape index (κ3) is 3.57. The summed E-state index contributed by atoms with van der Waals surface area (Å²) in [6.45, 7) is 3.37. The van der Waals surface area contributed by atoms with Crippen molar-refractivity contribution in [2.45, 2.75) is 13.8 Å². The summed E-state index contributed by atoms with van der Waals surface area (Å²) in [6, 6.07) is 9.33. The molecule has 1 aromatic carbocycles. The molecule has 0 radical (unpaired) electrons. The maximum absolute atomic E-state index is 12.6. The number of amides is 2. The van der Waals surface area contributed by atoms with Gasteiger partial charge in [-0.1, -0.05) is 46.8 Å². The molecule has 3 rings (SSSR count). The third-order valence-electron chi connectivity index (χ3n) is 3.56. The second kappa shape index (κ2) is 7.36. The minimum absolute atomic E-state index is 0.310. The maximum Gasteiger partial charge on any atom is 0.413 e. The lowest BCUT2D eigenvalue weighted by Gasteiger charge is -2.04. The Labute approximate surface area is 153 Å². The molecule has 0 fully saturated rings. The van der Waals surface area contributed by atoms with Crippen molar-refractivity contribution < 1.29 is 18.8 Å². The van der Waals surface area contributed by atoms with E-state index in [0.717, 1.165) is 16.9 Å². The number of carbonyl (C=O) groups is 2. The molecular weight excluding hydrogens is 356 g/mol. The van der Waals surface area contributed by atoms with E-state index in [1.54, 1.807) is 13.8 Å². The van der Waals surface area contributed by atoms with Crippen molar-refractivity contribution in [3.63, 3.8) is 0 Å². The van der Waals surface area contributed by atoms with Crippen molar-refractivity contribution >= 4 is 33.5 Å². The predicted octanol–water partition coefficient (Wildman–Crippen LogP) is 3.85. The number of methoxy groups -OCH3 is 1. The smallest absolute Gasteiger partial charge is 0.413 e. The Hall–Kier alpha value is -3.20. The van der Waals surface area contributed by atoms with Crippen molar-refractivity contribution in [1.82, 2.24) is 10.1 Å². The fourth-order valence-electron chi connectivity index (χ4n) is 2.36. The van der Waals surface area contributed by atoms with Gasteiger partial charge in [-0.05, 0) is 13.8 Å². The first-order valence-electron chi connectivity index (χ1n) is 7.65. The van der Waals surface area contributed by atoms with Gasteiger partial charge < -0.3 is 14.6 Å². The molecule has 0 saturated carbocycles. The molecule has 26 heavy (non-hydrogen) atoms. The number of hydrogen-bond donors (Lipinski definition) is 2. The molecule has 0 bridgehead atoms. The number of nitrogens with one attached hydrogen (secondary N) is 2. The van der Waals surface area contributed by atoms with Crippen LogP contribution < -0.4 is 10.6 Å². The summed E-state index contributed by atoms with van der Waals surface area (Å²) in [7, 11) is 1.27. The molecule has 0 aliphatic carbocycles. The van der Waals surface area contributed by atoms with Gasteiger partial charge >= 0.3 is 6.09 Å². The normalized spacial score (nSPS) is 10.4. The van der Waals surface area contributed by atoms with Crippen LogP contribution in [0.4, 0.5) is 14.9 Å². The van der Waals surface area contributed by atoms with E-state index < -0.39 is 6.09 Å². The second-order valence-corrected chi connectivity index (χ2v) is 6.33. The van der Waals surface area contributed by atoms with Crippen molar-refractivity contribution in [3.8, 4) is 11.3 Å². The largest absolute Gasteiger partial charge is 0.453 e. The van der Waals surface area contributed by atoms with Gasteiger partial charge in [-0.2, -0.15) is 0 Å². The molecule has 0 atom stereocenters. The van der Waals surface area contributed by atoms with Crippen LogP contribution in [0.3, 0.4) is 0 Å². The Morgan fingerprint density at radius 2 is 1.88 bits per heavy atom. The van der Waals surface area contributed by atoms with E-state index in [2.05, 4.69) is 25.5 Å². The predicted molar refractivity (Wildman–Crippen MR) is 97.5 cm³/mol. The Kier molecular flexibility index (Phi) is 4.99. The van der Waals surface area contributed by atoms with E-state index in [9.17, 15) is 9.59 Å². The molecule has 2 N–H and O–H groups in total. The number of anilines is 2. The average molecular weight is 372 g/mol. The summed E-state index contributed by atoms with van der Waals surface area (Å²) >= 11 is 1.13. The van der Waals surface area contributed by atoms with Gasteiger partial charge in [-0.25, -0.2) is 9.78 Å². The zero-order valence-corrected chi connectivity index (χ0v) is 15.1. The molecule has 9 heteroatoms. The van der Waals surface area contributed by atoms with E-state index in [4.69, 9.17) is 4.52 Å². The van der Waals surface area contributed by atoms with Gasteiger partial charge in [0.15, 0.2) is 5.13 Å². The maximum atomic E-state index is 12.6. The standard InChI is InChI=1S/C17H16N4O4S/c1-9-12(10(2)25-21-9)14(22)19-15-13(11-7-5-4-6-8-11)18-16(26-15)20-17(23)24-3/h4-8H,1-3H3,(H,19,22)(H,18,20,23). The zero-order valence-electron chi connectivity index (χ0n) is 14.3. The van der Waals surface area contributed by atoms with Crippen LogP contribution in [0.5, 0.6) is 0 Å². The molecule has 134 valence electrons. The summed E-state index contributed by atoms with van der Waals surface area (Å²) in [5, 5.41) is 9.94. The highest BCUT2D eigenvalue weighted by Gasteiger charge is 2.22. The van der Waals surface area contributed by atoms with Crippen molar-refractivity contribution in [2.75, 3.05) is 17.7 Å². The molecule has 8 nitrogen and oxygen atoms in total. The summed E-state index contributed by atoms with van der Waals surface area (Å²) in [5.41, 5.74) is 2.22. The fraction of sp³-hybridized carbons (Fsp3) is 0.176. The fourth-order valence-corrected chi connectivity index (χ4v) is 3.23. The second-order valence-electron chi connectivity index (χ2n) is 5.33. The number of ether oxygens (including phenoxy) is 1. The van der Waals surface area contributed by atoms with Crippen LogP contribution in [0, 0.1) is 13.8 Å². The lowest BCUT2D eigenvalue weighted by Crippen LogP contribution is -2.13. The Bertz CT molecular complexity index is 930. The van der Waals surface area contributed by atoms with Gasteiger partial charge in [0.1, 0.15) is 22.0 Å². The topological polar surface area (TPSA) is 106 Å². The summed E-state index contributed by atoms with van der Waals surface area (Å²) in [4.78, 5) is 28.5. The number of aryl methyl sites for hydroxylation is 2. The molecule has 0 unspecified atom stereocenters. The first-order valence-corrected chi connectivity index (χ1v) is 8.46. The molecule has 2 heterocycles. The van der Waals surface area contributed by atoms with Crippen LogP contribution in [0.2, 0.25) is 0 Å². The van der Waals surface area contributed by atoms with E-state index in [1.165, 1.54) is 7.11 Å². The Balaban J connectivity index is 1.96. The van der Waals surface area contributed by atoms with Gasteiger partial charge in [0.25, 0.3) is 5.91 Å². The summed E-state index contributed by atoms with van der Waals surface area (Å²) < 4.78 is 9.63. The summed E-state index contributed by atoms with van der Waals surface area (Å²) in [5.74, 6) is 0.0744. The number of nitrogens with zero attached hydrogens (tertiary/aromatic N) is 2. The van der Waals surface area contributed by atoms with E-state index in [1.807, 2.05) is 30.3 Å². The molecule has 0 aliphatic heterocycles. The highest BCUT2D eigenvalue weighted by atomic mass is 32.1. The first kappa shape index (κ1) is 17.6. The average Bonchev–Trinajstić information content (AvgIpc) is 3.18. The highest BCUT2D eigenvalue weighted by molar-refractivity contribution is 7.20. The lowest BCUT2D eigenvalue weighted by atomic mass is 10.1. The van der Waals surface area contributed by atoms with Crippen LogP contribution in [0.25, 0.3) is 11.3 Å². The van der Waals surface area contributed by atoms with Crippen LogP contribution in [-0.2, 0) is 4.74 Å². The zero-order chi connectivity index (χ0) is 18.7. The van der Waals surface area contributed by atoms with E-state index in [0.29, 0.717) is 32.8 Å². The highest BCUT2D eigenvalue weighted by Crippen LogP contribution is 2.36. The van der Waals surface area contributed by atoms with Gasteiger partial charge in [-0.15, -0.1) is 0 Å². The van der Waals surface area contributed by atoms with Crippen molar-refractivity contribution in [2.24, 2.45) is 0 Å². The number of aromatic nitrogens is 2. The molecule has 0 aliphatic rings. The minimum atomic E-state index is -0.637. The molecule has 2 aromatic heterocycles. The molecule has 3 aromatic rings. The van der Waals surface area contributed by atoms with Gasteiger partial charge in [0.05, 0.1) is 12.8 Å². The number of benzene rings is 1. The number of hydrogen-bond acceptors (Lipinski definition) is 7. The third-order valence-corrected chi connectivity index (χ3v) is 4.44.